The van der Waals surface area contributed by atoms with Crippen molar-refractivity contribution in [1.82, 2.24) is 4.90 Å². The molecule has 30 heavy (non-hydrogen) atoms. The van der Waals surface area contributed by atoms with E-state index < -0.39 is 6.04 Å². The molecule has 0 fully saturated rings. The number of hydrogen-bond acceptors (Lipinski definition) is 5. The minimum Gasteiger partial charge on any atom is -0.490 e. The SMILES string of the molecule is CCCOc1ccc(C2c3c(oc4ccccc4c3=O)C(=O)N2CC)cc1OCC. The summed E-state index contributed by atoms with van der Waals surface area (Å²) >= 11 is 0. The number of carbonyl (C=O) groups is 1. The predicted octanol–water partition coefficient (Wildman–Crippen LogP) is 4.55. The molecule has 0 saturated carbocycles. The van der Waals surface area contributed by atoms with Crippen LogP contribution in [0.1, 0.15) is 54.9 Å². The van der Waals surface area contributed by atoms with Crippen LogP contribution in [0.4, 0.5) is 0 Å². The highest BCUT2D eigenvalue weighted by atomic mass is 16.5. The van der Waals surface area contributed by atoms with E-state index in [4.69, 9.17) is 13.9 Å². The van der Waals surface area contributed by atoms with Gasteiger partial charge < -0.3 is 18.8 Å². The molecule has 0 spiro atoms. The Morgan fingerprint density at radius 3 is 2.53 bits per heavy atom. The van der Waals surface area contributed by atoms with Crippen molar-refractivity contribution in [2.75, 3.05) is 19.8 Å². The molecule has 6 nitrogen and oxygen atoms in total. The highest BCUT2D eigenvalue weighted by Gasteiger charge is 2.42. The van der Waals surface area contributed by atoms with Gasteiger partial charge in [0.05, 0.1) is 30.2 Å². The van der Waals surface area contributed by atoms with Crippen molar-refractivity contribution < 1.29 is 18.7 Å². The van der Waals surface area contributed by atoms with E-state index in [2.05, 4.69) is 0 Å². The van der Waals surface area contributed by atoms with Crippen LogP contribution in [-0.4, -0.2) is 30.6 Å². The highest BCUT2D eigenvalue weighted by Crippen LogP contribution is 2.40. The van der Waals surface area contributed by atoms with Gasteiger partial charge in [-0.3, -0.25) is 9.59 Å². The first-order valence-corrected chi connectivity index (χ1v) is 10.4. The molecule has 0 aliphatic carbocycles. The minimum atomic E-state index is -0.530. The number of fused-ring (bicyclic) bond motifs is 2. The molecule has 1 atom stereocenters. The van der Waals surface area contributed by atoms with Gasteiger partial charge >= 0.3 is 0 Å². The fraction of sp³-hybridized carbons (Fsp3) is 0.333. The molecular weight excluding hydrogens is 382 g/mol. The Balaban J connectivity index is 1.89. The molecule has 1 aliphatic rings. The number of carbonyl (C=O) groups excluding carboxylic acids is 1. The number of ether oxygens (including phenoxy) is 2. The standard InChI is InChI=1S/C24H25NO5/c1-4-13-29-18-12-11-15(14-19(18)28-6-3)21-20-22(26)16-9-7-8-10-17(16)30-23(20)24(27)25(21)5-2/h7-12,14,21H,4-6,13H2,1-3H3. The van der Waals surface area contributed by atoms with Crippen molar-refractivity contribution in [1.29, 1.82) is 0 Å². The quantitative estimate of drug-likeness (QED) is 0.575. The van der Waals surface area contributed by atoms with Crippen LogP contribution in [-0.2, 0) is 0 Å². The minimum absolute atomic E-state index is 0.120. The van der Waals surface area contributed by atoms with E-state index >= 15 is 0 Å². The molecule has 1 aliphatic heterocycles. The van der Waals surface area contributed by atoms with Crippen LogP contribution in [0.5, 0.6) is 11.5 Å². The number of hydrogen-bond donors (Lipinski definition) is 0. The molecule has 4 rings (SSSR count). The molecule has 1 aromatic heterocycles. The molecular formula is C24H25NO5. The second kappa shape index (κ2) is 8.22. The van der Waals surface area contributed by atoms with Crippen LogP contribution in [0, 0.1) is 0 Å². The van der Waals surface area contributed by atoms with Crippen molar-refractivity contribution in [3.05, 3.63) is 69.6 Å². The lowest BCUT2D eigenvalue weighted by atomic mass is 9.98. The summed E-state index contributed by atoms with van der Waals surface area (Å²) in [4.78, 5) is 28.1. The van der Waals surface area contributed by atoms with E-state index in [-0.39, 0.29) is 17.1 Å². The summed E-state index contributed by atoms with van der Waals surface area (Å²) in [5, 5.41) is 0.472. The Labute approximate surface area is 175 Å². The highest BCUT2D eigenvalue weighted by molar-refractivity contribution is 5.99. The smallest absolute Gasteiger partial charge is 0.290 e. The first-order chi connectivity index (χ1) is 14.6. The van der Waals surface area contributed by atoms with Crippen molar-refractivity contribution >= 4 is 16.9 Å². The maximum Gasteiger partial charge on any atom is 0.290 e. The van der Waals surface area contributed by atoms with E-state index in [0.29, 0.717) is 47.8 Å². The van der Waals surface area contributed by atoms with Gasteiger partial charge in [-0.25, -0.2) is 0 Å². The summed E-state index contributed by atoms with van der Waals surface area (Å²) < 4.78 is 17.5. The summed E-state index contributed by atoms with van der Waals surface area (Å²) in [5.74, 6) is 1.10. The summed E-state index contributed by atoms with van der Waals surface area (Å²) in [7, 11) is 0. The zero-order valence-corrected chi connectivity index (χ0v) is 17.4. The van der Waals surface area contributed by atoms with E-state index in [1.807, 2.05) is 39.0 Å². The number of amides is 1. The summed E-state index contributed by atoms with van der Waals surface area (Å²) in [6.45, 7) is 7.35. The van der Waals surface area contributed by atoms with E-state index in [1.165, 1.54) is 0 Å². The monoisotopic (exact) mass is 407 g/mol. The lowest BCUT2D eigenvalue weighted by Gasteiger charge is -2.24. The first-order valence-electron chi connectivity index (χ1n) is 10.4. The largest absolute Gasteiger partial charge is 0.490 e. The molecule has 0 bridgehead atoms. The Morgan fingerprint density at radius 2 is 1.80 bits per heavy atom. The van der Waals surface area contributed by atoms with Crippen LogP contribution in [0.25, 0.3) is 11.0 Å². The third-order valence-corrected chi connectivity index (χ3v) is 5.26. The third-order valence-electron chi connectivity index (χ3n) is 5.26. The Bertz CT molecular complexity index is 1150. The van der Waals surface area contributed by atoms with Crippen molar-refractivity contribution in [3.63, 3.8) is 0 Å². The number of rotatable bonds is 7. The molecule has 3 aromatic rings. The second-order valence-electron chi connectivity index (χ2n) is 7.15. The molecule has 1 unspecified atom stereocenters. The zero-order valence-electron chi connectivity index (χ0n) is 17.4. The van der Waals surface area contributed by atoms with E-state index in [1.54, 1.807) is 29.2 Å². The molecule has 2 heterocycles. The van der Waals surface area contributed by atoms with Crippen LogP contribution in [0.2, 0.25) is 0 Å². The zero-order chi connectivity index (χ0) is 21.3. The number of benzene rings is 2. The summed E-state index contributed by atoms with van der Waals surface area (Å²) in [6.07, 6.45) is 0.884. The van der Waals surface area contributed by atoms with Gasteiger partial charge in [-0.1, -0.05) is 25.1 Å². The predicted molar refractivity (Wildman–Crippen MR) is 114 cm³/mol. The summed E-state index contributed by atoms with van der Waals surface area (Å²) in [6, 6.07) is 12.1. The molecule has 1 amide bonds. The lowest BCUT2D eigenvalue weighted by molar-refractivity contribution is 0.0737. The maximum atomic E-state index is 13.3. The Kier molecular flexibility index (Phi) is 5.48. The molecule has 0 radical (unpaired) electrons. The Morgan fingerprint density at radius 1 is 1.00 bits per heavy atom. The lowest BCUT2D eigenvalue weighted by Crippen LogP contribution is -2.29. The molecule has 156 valence electrons. The van der Waals surface area contributed by atoms with Crippen LogP contribution in [0.15, 0.2) is 51.7 Å². The van der Waals surface area contributed by atoms with Gasteiger partial charge in [-0.15, -0.1) is 0 Å². The van der Waals surface area contributed by atoms with Gasteiger partial charge in [0.2, 0.25) is 5.76 Å². The van der Waals surface area contributed by atoms with Crippen molar-refractivity contribution in [3.8, 4) is 11.5 Å². The number of nitrogens with zero attached hydrogens (tertiary/aromatic N) is 1. The van der Waals surface area contributed by atoms with Gasteiger partial charge in [0.25, 0.3) is 5.91 Å². The van der Waals surface area contributed by atoms with Crippen LogP contribution >= 0.6 is 0 Å². The third kappa shape index (κ3) is 3.22. The van der Waals surface area contributed by atoms with E-state index in [0.717, 1.165) is 12.0 Å². The number of para-hydroxylation sites is 1. The average molecular weight is 407 g/mol. The molecule has 0 N–H and O–H groups in total. The normalized spacial score (nSPS) is 15.5. The van der Waals surface area contributed by atoms with Crippen LogP contribution < -0.4 is 14.9 Å². The van der Waals surface area contributed by atoms with Gasteiger partial charge in [0, 0.05) is 6.54 Å². The Hall–Kier alpha value is -3.28. The van der Waals surface area contributed by atoms with Gasteiger partial charge in [-0.05, 0) is 50.1 Å². The molecule has 6 heteroatoms. The van der Waals surface area contributed by atoms with Gasteiger partial charge in [-0.2, -0.15) is 0 Å². The molecule has 0 saturated heterocycles. The van der Waals surface area contributed by atoms with Crippen LogP contribution in [0.3, 0.4) is 0 Å². The van der Waals surface area contributed by atoms with Crippen molar-refractivity contribution in [2.24, 2.45) is 0 Å². The van der Waals surface area contributed by atoms with Crippen molar-refractivity contribution in [2.45, 2.75) is 33.2 Å². The summed E-state index contributed by atoms with van der Waals surface area (Å²) in [5.41, 5.74) is 1.42. The average Bonchev–Trinajstić information content (AvgIpc) is 3.05. The first kappa shape index (κ1) is 20.0. The topological polar surface area (TPSA) is 69.0 Å². The molecule has 2 aromatic carbocycles. The maximum absolute atomic E-state index is 13.3. The fourth-order valence-corrected chi connectivity index (χ4v) is 3.93. The second-order valence-corrected chi connectivity index (χ2v) is 7.15. The van der Waals surface area contributed by atoms with Gasteiger partial charge in [0.1, 0.15) is 5.58 Å². The van der Waals surface area contributed by atoms with E-state index in [9.17, 15) is 9.59 Å². The fourth-order valence-electron chi connectivity index (χ4n) is 3.93. The van der Waals surface area contributed by atoms with Gasteiger partial charge in [0.15, 0.2) is 16.9 Å².